The molecule has 9 aromatic carbocycles. The monoisotopic (exact) mass is 724 g/mol. The zero-order valence-electron chi connectivity index (χ0n) is 31.3. The van der Waals surface area contributed by atoms with Crippen LogP contribution < -0.4 is 26.2 Å². The zero-order valence-corrected chi connectivity index (χ0v) is 31.3. The van der Waals surface area contributed by atoms with Gasteiger partial charge in [0.15, 0.2) is 0 Å². The molecule has 0 amide bonds. The van der Waals surface area contributed by atoms with Gasteiger partial charge in [-0.3, -0.25) is 0 Å². The Labute approximate surface area is 334 Å². The third-order valence-electron chi connectivity index (χ3n) is 11.7. The summed E-state index contributed by atoms with van der Waals surface area (Å²) < 4.78 is 0. The van der Waals surface area contributed by atoms with Crippen LogP contribution >= 0.6 is 0 Å². The number of nitrogens with zero attached hydrogens (tertiary/aromatic N) is 2. The summed E-state index contributed by atoms with van der Waals surface area (Å²) in [4.78, 5) is 5.04. The van der Waals surface area contributed by atoms with E-state index >= 15 is 0 Å². The van der Waals surface area contributed by atoms with E-state index in [2.05, 4.69) is 234 Å². The molecule has 266 valence electrons. The Morgan fingerprint density at radius 3 is 1.42 bits per heavy atom. The van der Waals surface area contributed by atoms with Crippen LogP contribution in [0.3, 0.4) is 0 Å². The van der Waals surface area contributed by atoms with E-state index in [0.29, 0.717) is 0 Å². The van der Waals surface area contributed by atoms with Crippen molar-refractivity contribution in [2.45, 2.75) is 0 Å². The molecule has 2 aliphatic rings. The fraction of sp³-hybridized carbons (Fsp3) is 0. The molecule has 0 saturated heterocycles. The molecule has 0 aliphatic carbocycles. The van der Waals surface area contributed by atoms with Crippen molar-refractivity contribution in [1.29, 1.82) is 0 Å². The minimum atomic E-state index is -0.00601. The molecule has 2 heterocycles. The standard InChI is InChI=1S/C54H37BN2/c1-5-17-38(18-6-1)40-31-34-44(35-32-40)56-50-36-33-43(39-19-7-2-8-20-39)37-48(50)55-47-27-15-26-46(42-23-11-4-12-24-42)54(47)57(52-30-16-29-51(56)53(52)55)49-28-14-13-25-45(49)41-21-9-3-10-22-41/h1-37H. The molecule has 11 rings (SSSR count). The van der Waals surface area contributed by atoms with Gasteiger partial charge in [0.25, 0.3) is 6.71 Å². The first-order valence-corrected chi connectivity index (χ1v) is 19.7. The predicted octanol–water partition coefficient (Wildman–Crippen LogP) is 12.4. The number of hydrogen-bond acceptors (Lipinski definition) is 2. The normalized spacial score (nSPS) is 12.5. The molecular weight excluding hydrogens is 687 g/mol. The van der Waals surface area contributed by atoms with Crippen LogP contribution in [-0.2, 0) is 0 Å². The maximum absolute atomic E-state index is 2.55. The molecule has 0 fully saturated rings. The molecule has 9 aromatic rings. The minimum absolute atomic E-state index is 0.00601. The van der Waals surface area contributed by atoms with Crippen molar-refractivity contribution in [1.82, 2.24) is 0 Å². The lowest BCUT2D eigenvalue weighted by Crippen LogP contribution is -2.61. The summed E-state index contributed by atoms with van der Waals surface area (Å²) in [6.45, 7) is -0.00601. The third-order valence-corrected chi connectivity index (χ3v) is 11.7. The van der Waals surface area contributed by atoms with E-state index in [1.807, 2.05) is 0 Å². The smallest absolute Gasteiger partial charge is 0.252 e. The number of benzene rings is 9. The lowest BCUT2D eigenvalue weighted by molar-refractivity contribution is 1.25. The first-order chi connectivity index (χ1) is 28.3. The van der Waals surface area contributed by atoms with Crippen LogP contribution in [0.25, 0.3) is 44.5 Å². The lowest BCUT2D eigenvalue weighted by atomic mass is 9.33. The van der Waals surface area contributed by atoms with Crippen molar-refractivity contribution < 1.29 is 0 Å². The van der Waals surface area contributed by atoms with Gasteiger partial charge in [0.1, 0.15) is 0 Å². The van der Waals surface area contributed by atoms with Crippen LogP contribution in [0.5, 0.6) is 0 Å². The van der Waals surface area contributed by atoms with Gasteiger partial charge < -0.3 is 9.80 Å². The SMILES string of the molecule is c1ccc(-c2ccc(N3c4ccc(-c5ccccc5)cc4B4c5cccc(-c6ccccc6)c5N(c5ccccc5-c5ccccc5)c5cccc3c54)cc2)cc1. The molecule has 0 N–H and O–H groups in total. The minimum Gasteiger partial charge on any atom is -0.311 e. The molecule has 0 atom stereocenters. The quantitative estimate of drug-likeness (QED) is 0.158. The van der Waals surface area contributed by atoms with Gasteiger partial charge in [-0.25, -0.2) is 0 Å². The second-order valence-electron chi connectivity index (χ2n) is 14.9. The molecular formula is C54H37BN2. The van der Waals surface area contributed by atoms with Gasteiger partial charge >= 0.3 is 0 Å². The molecule has 0 unspecified atom stereocenters. The van der Waals surface area contributed by atoms with E-state index in [9.17, 15) is 0 Å². The fourth-order valence-corrected chi connectivity index (χ4v) is 9.14. The number of fused-ring (bicyclic) bond motifs is 4. The highest BCUT2D eigenvalue weighted by Gasteiger charge is 2.44. The molecule has 2 aliphatic heterocycles. The first kappa shape index (κ1) is 33.0. The summed E-state index contributed by atoms with van der Waals surface area (Å²) in [6.07, 6.45) is 0. The molecule has 3 heteroatoms. The van der Waals surface area contributed by atoms with Crippen molar-refractivity contribution in [3.05, 3.63) is 224 Å². The maximum atomic E-state index is 2.55. The molecule has 0 spiro atoms. The fourth-order valence-electron chi connectivity index (χ4n) is 9.14. The van der Waals surface area contributed by atoms with E-state index in [-0.39, 0.29) is 6.71 Å². The molecule has 0 aromatic heterocycles. The van der Waals surface area contributed by atoms with E-state index in [1.165, 1.54) is 83.6 Å². The van der Waals surface area contributed by atoms with Crippen molar-refractivity contribution in [2.24, 2.45) is 0 Å². The van der Waals surface area contributed by atoms with Crippen molar-refractivity contribution in [3.63, 3.8) is 0 Å². The summed E-state index contributed by atoms with van der Waals surface area (Å²) in [5.74, 6) is 0. The van der Waals surface area contributed by atoms with Crippen molar-refractivity contribution in [2.75, 3.05) is 9.80 Å². The Kier molecular flexibility index (Phi) is 7.96. The zero-order chi connectivity index (χ0) is 37.7. The van der Waals surface area contributed by atoms with Crippen LogP contribution in [0, 0.1) is 0 Å². The Morgan fingerprint density at radius 1 is 0.281 bits per heavy atom. The number of anilines is 6. The number of hydrogen-bond donors (Lipinski definition) is 0. The van der Waals surface area contributed by atoms with Crippen LogP contribution in [0.2, 0.25) is 0 Å². The summed E-state index contributed by atoms with van der Waals surface area (Å²) in [7, 11) is 0. The number of para-hydroxylation sites is 2. The molecule has 0 bridgehead atoms. The van der Waals surface area contributed by atoms with Crippen LogP contribution in [0.1, 0.15) is 0 Å². The summed E-state index contributed by atoms with van der Waals surface area (Å²) in [6, 6.07) is 82.0. The van der Waals surface area contributed by atoms with Crippen LogP contribution in [0.15, 0.2) is 224 Å². The average Bonchev–Trinajstić information content (AvgIpc) is 3.30. The Bertz CT molecular complexity index is 2890. The lowest BCUT2D eigenvalue weighted by Gasteiger charge is -2.45. The van der Waals surface area contributed by atoms with Crippen molar-refractivity contribution >= 4 is 57.2 Å². The van der Waals surface area contributed by atoms with Gasteiger partial charge in [-0.15, -0.1) is 0 Å². The van der Waals surface area contributed by atoms with E-state index in [1.54, 1.807) is 0 Å². The third kappa shape index (κ3) is 5.51. The Morgan fingerprint density at radius 2 is 0.754 bits per heavy atom. The highest BCUT2D eigenvalue weighted by Crippen LogP contribution is 2.49. The van der Waals surface area contributed by atoms with Crippen LogP contribution in [0.4, 0.5) is 34.1 Å². The summed E-state index contributed by atoms with van der Waals surface area (Å²) in [5.41, 5.74) is 20.6. The van der Waals surface area contributed by atoms with Gasteiger partial charge in [0, 0.05) is 39.6 Å². The second kappa shape index (κ2) is 13.7. The van der Waals surface area contributed by atoms with Crippen molar-refractivity contribution in [3.8, 4) is 44.5 Å². The molecule has 0 saturated carbocycles. The topological polar surface area (TPSA) is 6.48 Å². The predicted molar refractivity (Wildman–Crippen MR) is 242 cm³/mol. The Hall–Kier alpha value is -7.36. The Balaban J connectivity index is 1.21. The van der Waals surface area contributed by atoms with Gasteiger partial charge in [-0.1, -0.05) is 188 Å². The van der Waals surface area contributed by atoms with E-state index in [0.717, 1.165) is 11.4 Å². The highest BCUT2D eigenvalue weighted by molar-refractivity contribution is 7.00. The van der Waals surface area contributed by atoms with E-state index < -0.39 is 0 Å². The van der Waals surface area contributed by atoms with Crippen LogP contribution in [-0.4, -0.2) is 6.71 Å². The largest absolute Gasteiger partial charge is 0.311 e. The van der Waals surface area contributed by atoms with E-state index in [4.69, 9.17) is 0 Å². The average molecular weight is 725 g/mol. The van der Waals surface area contributed by atoms with Gasteiger partial charge in [-0.2, -0.15) is 0 Å². The van der Waals surface area contributed by atoms with Gasteiger partial charge in [-0.05, 0) is 86.2 Å². The van der Waals surface area contributed by atoms with Gasteiger partial charge in [0.05, 0.1) is 5.69 Å². The molecule has 57 heavy (non-hydrogen) atoms. The molecule has 0 radical (unpaired) electrons. The second-order valence-corrected chi connectivity index (χ2v) is 14.9. The summed E-state index contributed by atoms with van der Waals surface area (Å²) in [5, 5.41) is 0. The first-order valence-electron chi connectivity index (χ1n) is 19.7. The molecule has 2 nitrogen and oxygen atoms in total. The number of rotatable bonds is 6. The maximum Gasteiger partial charge on any atom is 0.252 e. The summed E-state index contributed by atoms with van der Waals surface area (Å²) >= 11 is 0. The highest BCUT2D eigenvalue weighted by atomic mass is 15.2. The van der Waals surface area contributed by atoms with Gasteiger partial charge in [0.2, 0.25) is 0 Å².